The third-order valence-electron chi connectivity index (χ3n) is 3.69. The summed E-state index contributed by atoms with van der Waals surface area (Å²) in [5, 5.41) is 3.75. The first-order chi connectivity index (χ1) is 14.4. The summed E-state index contributed by atoms with van der Waals surface area (Å²) in [6, 6.07) is 0.966. The van der Waals surface area contributed by atoms with E-state index in [1.165, 1.54) is 12.4 Å². The smallest absolute Gasteiger partial charge is 0.268 e. The van der Waals surface area contributed by atoms with E-state index in [0.717, 1.165) is 34.2 Å². The predicted molar refractivity (Wildman–Crippen MR) is 93.7 cm³/mol. The molecule has 0 bridgehead atoms. The first-order valence-corrected chi connectivity index (χ1v) is 8.16. The quantitative estimate of drug-likeness (QED) is 0.494. The number of benzene rings is 1. The third kappa shape index (κ3) is 5.34. The second-order valence-electron chi connectivity index (χ2n) is 5.92. The van der Waals surface area contributed by atoms with Gasteiger partial charge >= 0.3 is 12.4 Å². The van der Waals surface area contributed by atoms with Crippen LogP contribution in [-0.4, -0.2) is 30.3 Å². The molecule has 1 aromatic carbocycles. The minimum absolute atomic E-state index is 0.00816. The van der Waals surface area contributed by atoms with Crippen LogP contribution in [0.3, 0.4) is 0 Å². The van der Waals surface area contributed by atoms with Gasteiger partial charge in [-0.2, -0.15) is 26.3 Å². The summed E-state index contributed by atoms with van der Waals surface area (Å²) >= 11 is 0. The molecule has 0 saturated carbocycles. The zero-order valence-electron chi connectivity index (χ0n) is 15.0. The summed E-state index contributed by atoms with van der Waals surface area (Å²) in [6.07, 6.45) is -3.70. The molecule has 2 aromatic heterocycles. The van der Waals surface area contributed by atoms with Crippen LogP contribution in [0.1, 0.15) is 11.1 Å². The molecule has 0 radical (unpaired) electrons. The summed E-state index contributed by atoms with van der Waals surface area (Å²) < 4.78 is 79.6. The average molecular weight is 444 g/mol. The number of alkyl halides is 6. The van der Waals surface area contributed by atoms with Crippen LogP contribution in [0.25, 0.3) is 17.6 Å². The van der Waals surface area contributed by atoms with Crippen molar-refractivity contribution in [2.24, 2.45) is 0 Å². The maximum absolute atomic E-state index is 13.0. The zero-order chi connectivity index (χ0) is 22.8. The number of rotatable bonds is 4. The number of hydrogen-bond acceptors (Lipinski definition) is 5. The Morgan fingerprint density at radius 3 is 2.26 bits per heavy atom. The Labute approximate surface area is 168 Å². The van der Waals surface area contributed by atoms with Crippen LogP contribution in [0.15, 0.2) is 54.0 Å². The molecule has 0 aliphatic rings. The van der Waals surface area contributed by atoms with Gasteiger partial charge in [0.2, 0.25) is 0 Å². The van der Waals surface area contributed by atoms with Crippen molar-refractivity contribution >= 4 is 12.1 Å². The highest BCUT2D eigenvalue weighted by Gasteiger charge is 2.37. The van der Waals surface area contributed by atoms with Crippen molar-refractivity contribution < 1.29 is 31.1 Å². The molecule has 3 rings (SSSR count). The minimum atomic E-state index is -5.01. The van der Waals surface area contributed by atoms with Crippen molar-refractivity contribution in [3.63, 3.8) is 0 Å². The largest absolute Gasteiger partial charge is 0.416 e. The van der Waals surface area contributed by atoms with Gasteiger partial charge in [0.1, 0.15) is 6.33 Å². The molecule has 8 nitrogen and oxygen atoms in total. The summed E-state index contributed by atoms with van der Waals surface area (Å²) in [4.78, 5) is 30.5. The normalized spacial score (nSPS) is 12.3. The number of amides is 1. The lowest BCUT2D eigenvalue weighted by molar-refractivity contribution is -0.143. The standard InChI is InChI=1S/C17H10F6N6O2/c18-16(19,20)11-5-10(6-12(7-11)17(21,22)23)15-25-9-28(27-15)3-1-13(30)26-29-4-2-24-8-14(29)31/h1-9H,(H,26,30)/b3-1-. The topological polar surface area (TPSA) is 94.7 Å². The Morgan fingerprint density at radius 1 is 1.03 bits per heavy atom. The minimum Gasteiger partial charge on any atom is -0.268 e. The van der Waals surface area contributed by atoms with Gasteiger partial charge in [0, 0.05) is 30.2 Å². The van der Waals surface area contributed by atoms with Gasteiger partial charge in [-0.25, -0.2) is 14.3 Å². The van der Waals surface area contributed by atoms with E-state index in [4.69, 9.17) is 0 Å². The monoisotopic (exact) mass is 444 g/mol. The van der Waals surface area contributed by atoms with Crippen molar-refractivity contribution in [3.8, 4) is 11.4 Å². The Kier molecular flexibility index (Phi) is 5.64. The highest BCUT2D eigenvalue weighted by atomic mass is 19.4. The highest BCUT2D eigenvalue weighted by Crippen LogP contribution is 2.37. The van der Waals surface area contributed by atoms with Gasteiger partial charge in [0.25, 0.3) is 11.5 Å². The molecule has 14 heteroatoms. The third-order valence-corrected chi connectivity index (χ3v) is 3.69. The number of carbonyl (C=O) groups is 1. The summed E-state index contributed by atoms with van der Waals surface area (Å²) in [5.74, 6) is -1.20. The molecule has 1 N–H and O–H groups in total. The SMILES string of the molecule is O=C(/C=C\n1cnc(-c2cc(C(F)(F)F)cc(C(F)(F)F)c2)n1)Nn1ccncc1=O. The number of halogens is 6. The first-order valence-electron chi connectivity index (χ1n) is 8.16. The number of hydrogen-bond donors (Lipinski definition) is 1. The number of nitrogens with zero attached hydrogens (tertiary/aromatic N) is 5. The van der Waals surface area contributed by atoms with Crippen LogP contribution in [0.2, 0.25) is 0 Å². The highest BCUT2D eigenvalue weighted by molar-refractivity contribution is 5.96. The van der Waals surface area contributed by atoms with E-state index in [1.807, 2.05) is 0 Å². The molecule has 1 amide bonds. The summed E-state index contributed by atoms with van der Waals surface area (Å²) in [6.45, 7) is 0. The molecule has 0 aliphatic heterocycles. The van der Waals surface area contributed by atoms with E-state index in [0.29, 0.717) is 12.1 Å². The molecule has 162 valence electrons. The first kappa shape index (κ1) is 21.7. The van der Waals surface area contributed by atoms with Crippen molar-refractivity contribution in [2.75, 3.05) is 5.43 Å². The molecule has 0 unspecified atom stereocenters. The fourth-order valence-corrected chi connectivity index (χ4v) is 2.30. The van der Waals surface area contributed by atoms with E-state index >= 15 is 0 Å². The Morgan fingerprint density at radius 2 is 1.68 bits per heavy atom. The van der Waals surface area contributed by atoms with Gasteiger partial charge in [-0.05, 0) is 18.2 Å². The van der Waals surface area contributed by atoms with Gasteiger partial charge < -0.3 is 0 Å². The molecule has 0 fully saturated rings. The molecule has 3 aromatic rings. The van der Waals surface area contributed by atoms with Crippen molar-refractivity contribution in [1.29, 1.82) is 0 Å². The molecule has 0 spiro atoms. The van der Waals surface area contributed by atoms with E-state index < -0.39 is 46.3 Å². The number of aromatic nitrogens is 5. The van der Waals surface area contributed by atoms with Crippen LogP contribution in [0.4, 0.5) is 26.3 Å². The van der Waals surface area contributed by atoms with Crippen LogP contribution in [0.5, 0.6) is 0 Å². The molecule has 0 atom stereocenters. The second-order valence-corrected chi connectivity index (χ2v) is 5.92. The van der Waals surface area contributed by atoms with Gasteiger partial charge in [-0.15, -0.1) is 5.10 Å². The molecular formula is C17H10F6N6O2. The Bertz CT molecular complexity index is 1160. The number of carbonyl (C=O) groups excluding carboxylic acids is 1. The Balaban J connectivity index is 1.85. The zero-order valence-corrected chi connectivity index (χ0v) is 15.0. The van der Waals surface area contributed by atoms with E-state index in [-0.39, 0.29) is 6.07 Å². The average Bonchev–Trinajstić information content (AvgIpc) is 3.16. The van der Waals surface area contributed by atoms with Crippen LogP contribution >= 0.6 is 0 Å². The molecule has 31 heavy (non-hydrogen) atoms. The lowest BCUT2D eigenvalue weighted by Crippen LogP contribution is -2.31. The molecule has 0 saturated heterocycles. The van der Waals surface area contributed by atoms with E-state index in [2.05, 4.69) is 20.5 Å². The van der Waals surface area contributed by atoms with Crippen molar-refractivity contribution in [2.45, 2.75) is 12.4 Å². The van der Waals surface area contributed by atoms with Crippen LogP contribution in [-0.2, 0) is 17.1 Å². The predicted octanol–water partition coefficient (Wildman–Crippen LogP) is 2.78. The van der Waals surface area contributed by atoms with Gasteiger partial charge in [-0.1, -0.05) is 0 Å². The van der Waals surface area contributed by atoms with Gasteiger partial charge in [0.15, 0.2) is 5.82 Å². The fourth-order valence-electron chi connectivity index (χ4n) is 2.30. The lowest BCUT2D eigenvalue weighted by atomic mass is 10.0. The molecular weight excluding hydrogens is 434 g/mol. The van der Waals surface area contributed by atoms with E-state index in [1.54, 1.807) is 0 Å². The summed E-state index contributed by atoms with van der Waals surface area (Å²) in [7, 11) is 0. The number of nitrogens with one attached hydrogen (secondary N) is 1. The van der Waals surface area contributed by atoms with Gasteiger partial charge in [-0.3, -0.25) is 20.0 Å². The van der Waals surface area contributed by atoms with Crippen LogP contribution in [0, 0.1) is 0 Å². The van der Waals surface area contributed by atoms with E-state index in [9.17, 15) is 35.9 Å². The Hall–Kier alpha value is -3.97. The molecule has 0 aliphatic carbocycles. The second kappa shape index (κ2) is 8.04. The van der Waals surface area contributed by atoms with Crippen molar-refractivity contribution in [1.82, 2.24) is 24.4 Å². The van der Waals surface area contributed by atoms with Crippen LogP contribution < -0.4 is 11.0 Å². The fraction of sp³-hybridized carbons (Fsp3) is 0.118. The maximum Gasteiger partial charge on any atom is 0.416 e. The maximum atomic E-state index is 13.0. The van der Waals surface area contributed by atoms with Crippen molar-refractivity contribution in [3.05, 3.63) is 70.7 Å². The van der Waals surface area contributed by atoms with Gasteiger partial charge in [0.05, 0.1) is 17.3 Å². The lowest BCUT2D eigenvalue weighted by Gasteiger charge is -2.13. The molecule has 2 heterocycles. The summed E-state index contributed by atoms with van der Waals surface area (Å²) in [5.41, 5.74) is -1.95.